The largest absolute Gasteiger partial charge is 0.447 e. The van der Waals surface area contributed by atoms with Gasteiger partial charge in [0.2, 0.25) is 0 Å². The molecule has 1 amide bonds. The number of alkyl carbamates (subject to hydrolysis) is 1. The van der Waals surface area contributed by atoms with Gasteiger partial charge in [0.25, 0.3) is 10.1 Å². The van der Waals surface area contributed by atoms with E-state index in [0.717, 1.165) is 44.1 Å². The first-order valence-corrected chi connectivity index (χ1v) is 12.8. The number of carbonyl (C=O) groups excluding carboxylic acids is 1. The molecule has 5 rings (SSSR count). The molecule has 170 valence electrons. The smallest absolute Gasteiger partial charge is 0.407 e. The minimum Gasteiger partial charge on any atom is -0.447 e. The van der Waals surface area contributed by atoms with Gasteiger partial charge in [-0.3, -0.25) is 4.18 Å². The van der Waals surface area contributed by atoms with Crippen LogP contribution >= 0.6 is 0 Å². The molecule has 1 saturated carbocycles. The highest BCUT2D eigenvalue weighted by Gasteiger charge is 2.46. The summed E-state index contributed by atoms with van der Waals surface area (Å²) in [4.78, 5) is 11.7. The molecule has 32 heavy (non-hydrogen) atoms. The van der Waals surface area contributed by atoms with E-state index in [0.29, 0.717) is 12.5 Å². The fourth-order valence-corrected chi connectivity index (χ4v) is 6.33. The van der Waals surface area contributed by atoms with Crippen molar-refractivity contribution in [2.75, 3.05) is 13.2 Å². The monoisotopic (exact) mass is 455 g/mol. The number of carbonyl (C=O) groups is 1. The van der Waals surface area contributed by atoms with Gasteiger partial charge in [0.1, 0.15) is 6.61 Å². The molecule has 1 spiro atoms. The van der Waals surface area contributed by atoms with E-state index < -0.39 is 10.1 Å². The lowest BCUT2D eigenvalue weighted by molar-refractivity contribution is 0.172. The lowest BCUT2D eigenvalue weighted by atomic mass is 9.82. The van der Waals surface area contributed by atoms with Crippen LogP contribution in [0.5, 0.6) is 0 Å². The van der Waals surface area contributed by atoms with Crippen molar-refractivity contribution in [3.8, 4) is 0 Å². The summed E-state index contributed by atoms with van der Waals surface area (Å²) in [7, 11) is -3.73. The number of cyclic esters (lactones) is 1. The van der Waals surface area contributed by atoms with E-state index in [4.69, 9.17) is 8.92 Å². The molecule has 0 aromatic heterocycles. The molecule has 3 atom stereocenters. The Balaban J connectivity index is 1.21. The average molecular weight is 456 g/mol. The van der Waals surface area contributed by atoms with E-state index in [1.807, 2.05) is 6.92 Å². The molecule has 6 nitrogen and oxygen atoms in total. The number of benzene rings is 2. The van der Waals surface area contributed by atoms with Gasteiger partial charge in [-0.05, 0) is 86.1 Å². The highest BCUT2D eigenvalue weighted by atomic mass is 32.2. The minimum atomic E-state index is -3.73. The summed E-state index contributed by atoms with van der Waals surface area (Å²) in [5.74, 6) is 0.622. The number of nitrogens with one attached hydrogen (secondary N) is 1. The van der Waals surface area contributed by atoms with Crippen LogP contribution in [0.4, 0.5) is 4.79 Å². The second kappa shape index (κ2) is 8.19. The van der Waals surface area contributed by atoms with Crippen molar-refractivity contribution >= 4 is 16.2 Å². The average Bonchev–Trinajstić information content (AvgIpc) is 3.37. The molecule has 1 aliphatic heterocycles. The number of ether oxygens (including phenoxy) is 1. The first-order valence-electron chi connectivity index (χ1n) is 11.3. The van der Waals surface area contributed by atoms with Gasteiger partial charge >= 0.3 is 6.09 Å². The third kappa shape index (κ3) is 4.28. The third-order valence-corrected chi connectivity index (χ3v) is 8.55. The van der Waals surface area contributed by atoms with Crippen LogP contribution in [-0.4, -0.2) is 33.3 Å². The van der Waals surface area contributed by atoms with Gasteiger partial charge < -0.3 is 10.1 Å². The Morgan fingerprint density at radius 1 is 1.12 bits per heavy atom. The zero-order chi connectivity index (χ0) is 22.3. The molecule has 3 aliphatic rings. The van der Waals surface area contributed by atoms with E-state index in [1.165, 1.54) is 16.7 Å². The SMILES string of the molecule is Cc1ccc(S(=O)(=O)OC[C@H]2CCc3cc([C@H]4CC[C@]5(COC(=O)N5)C4)ccc3C2)cc1. The Kier molecular flexibility index (Phi) is 5.50. The van der Waals surface area contributed by atoms with E-state index in [1.54, 1.807) is 24.3 Å². The lowest BCUT2D eigenvalue weighted by Gasteiger charge is -2.26. The topological polar surface area (TPSA) is 81.7 Å². The van der Waals surface area contributed by atoms with Crippen LogP contribution in [0.2, 0.25) is 0 Å². The van der Waals surface area contributed by atoms with Crippen molar-refractivity contribution in [3.63, 3.8) is 0 Å². The number of rotatable bonds is 5. The third-order valence-electron chi connectivity index (χ3n) is 7.26. The van der Waals surface area contributed by atoms with Crippen molar-refractivity contribution in [1.82, 2.24) is 5.32 Å². The predicted molar refractivity (Wildman–Crippen MR) is 120 cm³/mol. The number of hydrogen-bond donors (Lipinski definition) is 1. The number of fused-ring (bicyclic) bond motifs is 1. The van der Waals surface area contributed by atoms with Gasteiger partial charge in [0, 0.05) is 0 Å². The van der Waals surface area contributed by atoms with Crippen molar-refractivity contribution in [2.45, 2.75) is 61.8 Å². The van der Waals surface area contributed by atoms with E-state index in [2.05, 4.69) is 23.5 Å². The van der Waals surface area contributed by atoms with Crippen LogP contribution in [0.3, 0.4) is 0 Å². The highest BCUT2D eigenvalue weighted by Crippen LogP contribution is 2.43. The van der Waals surface area contributed by atoms with Gasteiger partial charge in [-0.15, -0.1) is 0 Å². The zero-order valence-electron chi connectivity index (χ0n) is 18.3. The number of hydrogen-bond acceptors (Lipinski definition) is 5. The fourth-order valence-electron chi connectivity index (χ4n) is 5.35. The van der Waals surface area contributed by atoms with Crippen molar-refractivity contribution in [2.24, 2.45) is 5.92 Å². The first kappa shape index (κ1) is 21.5. The van der Waals surface area contributed by atoms with E-state index in [-0.39, 0.29) is 29.1 Å². The van der Waals surface area contributed by atoms with Crippen LogP contribution in [0.15, 0.2) is 47.4 Å². The van der Waals surface area contributed by atoms with Gasteiger partial charge in [-0.2, -0.15) is 8.42 Å². The molecule has 2 aliphatic carbocycles. The van der Waals surface area contributed by atoms with Crippen LogP contribution in [-0.2, 0) is 31.9 Å². The molecule has 0 bridgehead atoms. The Morgan fingerprint density at radius 3 is 2.69 bits per heavy atom. The van der Waals surface area contributed by atoms with Crippen LogP contribution < -0.4 is 5.32 Å². The maximum atomic E-state index is 12.5. The van der Waals surface area contributed by atoms with Gasteiger partial charge in [0.05, 0.1) is 17.0 Å². The summed E-state index contributed by atoms with van der Waals surface area (Å²) in [6.45, 7) is 2.61. The molecule has 7 heteroatoms. The summed E-state index contributed by atoms with van der Waals surface area (Å²) >= 11 is 0. The normalized spacial score (nSPS) is 27.2. The Bertz CT molecular complexity index is 1130. The summed E-state index contributed by atoms with van der Waals surface area (Å²) in [6.07, 6.45) is 5.31. The van der Waals surface area contributed by atoms with Gasteiger partial charge in [-0.1, -0.05) is 35.9 Å². The second-order valence-corrected chi connectivity index (χ2v) is 11.2. The molecule has 0 unspecified atom stereocenters. The van der Waals surface area contributed by atoms with Crippen molar-refractivity contribution in [3.05, 3.63) is 64.7 Å². The predicted octanol–water partition coefficient (Wildman–Crippen LogP) is 4.25. The van der Waals surface area contributed by atoms with E-state index in [9.17, 15) is 13.2 Å². The van der Waals surface area contributed by atoms with Crippen LogP contribution in [0, 0.1) is 12.8 Å². The summed E-state index contributed by atoms with van der Waals surface area (Å²) in [5, 5.41) is 3.01. The molecular formula is C25H29NO5S. The first-order chi connectivity index (χ1) is 15.3. The molecule has 1 saturated heterocycles. The van der Waals surface area contributed by atoms with Crippen molar-refractivity contribution in [1.29, 1.82) is 0 Å². The molecule has 2 aromatic carbocycles. The summed E-state index contributed by atoms with van der Waals surface area (Å²) in [6, 6.07) is 13.5. The van der Waals surface area contributed by atoms with Crippen LogP contribution in [0.25, 0.3) is 0 Å². The maximum absolute atomic E-state index is 12.5. The fraction of sp³-hybridized carbons (Fsp3) is 0.480. The van der Waals surface area contributed by atoms with Crippen LogP contribution in [0.1, 0.15) is 53.9 Å². The Labute approximate surface area is 189 Å². The standard InChI is InChI=1S/C25H29NO5S/c1-17-2-8-23(9-3-17)32(28,29)31-15-18-4-5-20-13-21(7-6-19(20)12-18)22-10-11-25(14-22)16-30-24(27)26-25/h2-3,6-9,13,18,22H,4-5,10-12,14-16H2,1H3,(H,26,27)/t18-,22-,25+/m0/s1. The van der Waals surface area contributed by atoms with Gasteiger partial charge in [0.15, 0.2) is 0 Å². The summed E-state index contributed by atoms with van der Waals surface area (Å²) < 4.78 is 35.5. The number of aryl methyl sites for hydroxylation is 2. The maximum Gasteiger partial charge on any atom is 0.407 e. The summed E-state index contributed by atoms with van der Waals surface area (Å²) in [5.41, 5.74) is 4.79. The van der Waals surface area contributed by atoms with E-state index >= 15 is 0 Å². The molecule has 0 radical (unpaired) electrons. The Morgan fingerprint density at radius 2 is 1.94 bits per heavy atom. The molecule has 2 fully saturated rings. The molecule has 2 aromatic rings. The van der Waals surface area contributed by atoms with Gasteiger partial charge in [-0.25, -0.2) is 4.79 Å². The highest BCUT2D eigenvalue weighted by molar-refractivity contribution is 7.86. The Hall–Kier alpha value is -2.38. The molecule has 1 N–H and O–H groups in total. The van der Waals surface area contributed by atoms with Crippen molar-refractivity contribution < 1.29 is 22.1 Å². The molecule has 1 heterocycles. The number of amides is 1. The quantitative estimate of drug-likeness (QED) is 0.682. The minimum absolute atomic E-state index is 0.189. The second-order valence-electron chi connectivity index (χ2n) is 9.61. The zero-order valence-corrected chi connectivity index (χ0v) is 19.1. The molecular weight excluding hydrogens is 426 g/mol. The lowest BCUT2D eigenvalue weighted by Crippen LogP contribution is -2.40.